The zero-order valence-electron chi connectivity index (χ0n) is 63.5. The molecule has 3 atom stereocenters. The van der Waals surface area contributed by atoms with Gasteiger partial charge in [-0.25, -0.2) is 0 Å². The fraction of sp³-hybridized carbons (Fsp3) is 0.917. The maximum atomic E-state index is 13.1. The number of nitrogens with one attached hydrogen (secondary N) is 1. The van der Waals surface area contributed by atoms with E-state index in [0.29, 0.717) is 23.9 Å². The van der Waals surface area contributed by atoms with Crippen molar-refractivity contribution in [3.8, 4) is 0 Å². The summed E-state index contributed by atoms with van der Waals surface area (Å²) in [7, 11) is 1.33. The van der Waals surface area contributed by atoms with Crippen molar-refractivity contribution in [3.63, 3.8) is 0 Å². The number of carbonyl (C=O) groups is 1. The van der Waals surface area contributed by atoms with Crippen LogP contribution in [0.15, 0.2) is 36.5 Å². The van der Waals surface area contributed by atoms with Gasteiger partial charge in [0.05, 0.1) is 39.9 Å². The Balaban J connectivity index is 3.87. The van der Waals surface area contributed by atoms with Gasteiger partial charge in [-0.2, -0.15) is 0 Å². The predicted molar refractivity (Wildman–Crippen MR) is 408 cm³/mol. The highest BCUT2D eigenvalue weighted by atomic mass is 31.2. The highest BCUT2D eigenvalue weighted by Gasteiger charge is 2.24. The lowest BCUT2D eigenvalue weighted by molar-refractivity contribution is -0.870. The molecule has 0 aromatic carbocycles. The number of phosphoric acid groups is 1. The van der Waals surface area contributed by atoms with Gasteiger partial charge in [0.2, 0.25) is 5.91 Å². The smallest absolute Gasteiger partial charge is 0.268 e. The average molecular weight is 1330 g/mol. The number of unbranched alkanes of at least 4 members (excludes halogenated alkanes) is 60. The van der Waals surface area contributed by atoms with Gasteiger partial charge < -0.3 is 28.8 Å². The largest absolute Gasteiger partial charge is 0.756 e. The lowest BCUT2D eigenvalue weighted by atomic mass is 10.0. The Morgan fingerprint density at radius 2 is 0.624 bits per heavy atom. The van der Waals surface area contributed by atoms with Crippen molar-refractivity contribution in [2.24, 2.45) is 0 Å². The van der Waals surface area contributed by atoms with Gasteiger partial charge in [-0.3, -0.25) is 9.36 Å². The lowest BCUT2D eigenvalue weighted by Gasteiger charge is -2.30. The molecule has 3 unspecified atom stereocenters. The summed E-state index contributed by atoms with van der Waals surface area (Å²) in [5, 5.41) is 14.2. The van der Waals surface area contributed by atoms with E-state index in [1.54, 1.807) is 0 Å². The maximum absolute atomic E-state index is 13.1. The van der Waals surface area contributed by atoms with Gasteiger partial charge in [0.1, 0.15) is 13.2 Å². The van der Waals surface area contributed by atoms with Crippen molar-refractivity contribution in [2.45, 2.75) is 456 Å². The van der Waals surface area contributed by atoms with Crippen molar-refractivity contribution in [2.75, 3.05) is 40.9 Å². The third-order valence-corrected chi connectivity index (χ3v) is 20.6. The molecule has 0 aliphatic heterocycles. The molecule has 0 saturated heterocycles. The van der Waals surface area contributed by atoms with E-state index in [9.17, 15) is 19.4 Å². The van der Waals surface area contributed by atoms with E-state index >= 15 is 0 Å². The Morgan fingerprint density at radius 1 is 0.376 bits per heavy atom. The summed E-state index contributed by atoms with van der Waals surface area (Å²) >= 11 is 0. The molecule has 93 heavy (non-hydrogen) atoms. The van der Waals surface area contributed by atoms with Crippen LogP contribution in [0.1, 0.15) is 444 Å². The molecular formula is C84H165N2O6P. The van der Waals surface area contributed by atoms with E-state index < -0.39 is 20.0 Å². The van der Waals surface area contributed by atoms with E-state index in [1.165, 1.54) is 366 Å². The Morgan fingerprint density at radius 3 is 0.903 bits per heavy atom. The number of amides is 1. The van der Waals surface area contributed by atoms with Gasteiger partial charge in [-0.1, -0.05) is 423 Å². The number of allylic oxidation sites excluding steroid dienone is 6. The first-order valence-electron chi connectivity index (χ1n) is 41.8. The first-order chi connectivity index (χ1) is 45.5. The summed E-state index contributed by atoms with van der Waals surface area (Å²) in [5.41, 5.74) is 0. The van der Waals surface area contributed by atoms with E-state index in [2.05, 4.69) is 55.6 Å². The lowest BCUT2D eigenvalue weighted by Crippen LogP contribution is -2.46. The first kappa shape index (κ1) is 91.7. The van der Waals surface area contributed by atoms with E-state index in [4.69, 9.17) is 9.05 Å². The number of phosphoric ester groups is 1. The van der Waals surface area contributed by atoms with Crippen LogP contribution in [-0.2, 0) is 18.4 Å². The predicted octanol–water partition coefficient (Wildman–Crippen LogP) is 26.9. The quantitative estimate of drug-likeness (QED) is 0.0272. The maximum Gasteiger partial charge on any atom is 0.268 e. The van der Waals surface area contributed by atoms with Crippen LogP contribution >= 0.6 is 7.82 Å². The minimum Gasteiger partial charge on any atom is -0.756 e. The van der Waals surface area contributed by atoms with Crippen LogP contribution in [0.2, 0.25) is 0 Å². The Kier molecular flexibility index (Phi) is 73.9. The van der Waals surface area contributed by atoms with Crippen LogP contribution in [0.25, 0.3) is 0 Å². The van der Waals surface area contributed by atoms with E-state index in [-0.39, 0.29) is 19.1 Å². The van der Waals surface area contributed by atoms with Gasteiger partial charge in [0, 0.05) is 6.42 Å². The molecule has 0 rings (SSSR count). The number of hydrogen-bond donors (Lipinski definition) is 2. The van der Waals surface area contributed by atoms with Gasteiger partial charge in [-0.15, -0.1) is 0 Å². The standard InChI is InChI=1S/C84H165N2O6P/c1-6-8-10-12-14-16-18-20-22-24-26-28-30-32-34-36-38-39-40-41-42-43-44-45-46-47-48-50-52-54-56-58-60-62-64-66-68-70-72-74-76-78-84(88)85-82(81-92-93(89,90)91-80-79-86(3,4)5)83(87)77-75-73-71-69-67-65-63-61-59-57-55-53-51-49-37-35-33-31-29-27-25-23-21-19-17-15-13-11-9-7-2/h18,20,24,26,30,32,82-83,87H,6-17,19,21-23,25,27-29,31,33-81H2,1-5H3,(H-,85,88,89,90)/b20-18-,26-24-,32-30-. The van der Waals surface area contributed by atoms with Gasteiger partial charge in [0.25, 0.3) is 7.82 Å². The fourth-order valence-corrected chi connectivity index (χ4v) is 13.9. The number of aliphatic hydroxyl groups is 1. The molecule has 0 aliphatic carbocycles. The van der Waals surface area contributed by atoms with Gasteiger partial charge >= 0.3 is 0 Å². The third kappa shape index (κ3) is 77.9. The third-order valence-electron chi connectivity index (χ3n) is 19.6. The zero-order valence-corrected chi connectivity index (χ0v) is 64.4. The topological polar surface area (TPSA) is 108 Å². The SMILES string of the molecule is CCCCCCC/C=C\C/C=C\C/C=C\CCCCCCCCCCCCCCCCCCCCCCCCCCCCC(=O)NC(COP(=O)([O-])OCC[N+](C)(C)C)C(O)CCCCCCCCCCCCCCCCCCCCCCCCCCCCCCCC. The van der Waals surface area contributed by atoms with E-state index in [0.717, 1.165) is 51.4 Å². The number of rotatable bonds is 79. The average Bonchev–Trinajstić information content (AvgIpc) is 2.75. The fourth-order valence-electron chi connectivity index (χ4n) is 13.2. The van der Waals surface area contributed by atoms with Gasteiger partial charge in [-0.05, 0) is 51.4 Å². The number of hydrogen-bond acceptors (Lipinski definition) is 6. The molecule has 0 aromatic rings. The van der Waals surface area contributed by atoms with Crippen LogP contribution in [0.5, 0.6) is 0 Å². The summed E-state index contributed by atoms with van der Waals surface area (Å²) in [5.74, 6) is -0.154. The van der Waals surface area contributed by atoms with Crippen molar-refractivity contribution >= 4 is 13.7 Å². The Labute approximate surface area is 582 Å². The van der Waals surface area contributed by atoms with Crippen LogP contribution in [0, 0.1) is 0 Å². The molecule has 0 radical (unpaired) electrons. The monoisotopic (exact) mass is 1330 g/mol. The second-order valence-corrected chi connectivity index (χ2v) is 31.6. The number of aliphatic hydroxyl groups excluding tert-OH is 1. The number of likely N-dealkylation sites (N-methyl/N-ethyl adjacent to an activating group) is 1. The second-order valence-electron chi connectivity index (χ2n) is 30.2. The summed E-state index contributed by atoms with van der Waals surface area (Å²) < 4.78 is 23.6. The minimum atomic E-state index is -4.58. The molecule has 0 spiro atoms. The first-order valence-corrected chi connectivity index (χ1v) is 43.3. The molecule has 0 aliphatic rings. The van der Waals surface area contributed by atoms with Crippen LogP contribution in [-0.4, -0.2) is 68.5 Å². The Bertz CT molecular complexity index is 1610. The second kappa shape index (κ2) is 74.9. The van der Waals surface area contributed by atoms with Crippen LogP contribution in [0.4, 0.5) is 0 Å². The summed E-state index contributed by atoms with van der Waals surface area (Å²) in [6.07, 6.45) is 101. The van der Waals surface area contributed by atoms with Crippen molar-refractivity contribution in [1.29, 1.82) is 0 Å². The molecule has 8 nitrogen and oxygen atoms in total. The van der Waals surface area contributed by atoms with Gasteiger partial charge in [0.15, 0.2) is 0 Å². The number of quaternary nitrogens is 1. The molecule has 2 N–H and O–H groups in total. The van der Waals surface area contributed by atoms with Crippen molar-refractivity contribution < 1.29 is 32.9 Å². The minimum absolute atomic E-state index is 0.0153. The van der Waals surface area contributed by atoms with Crippen LogP contribution in [0.3, 0.4) is 0 Å². The zero-order chi connectivity index (χ0) is 67.6. The summed E-state index contributed by atoms with van der Waals surface area (Å²) in [6, 6.07) is -0.801. The van der Waals surface area contributed by atoms with Crippen molar-refractivity contribution in [3.05, 3.63) is 36.5 Å². The molecule has 552 valence electrons. The van der Waals surface area contributed by atoms with Crippen LogP contribution < -0.4 is 10.2 Å². The number of nitrogens with zero attached hydrogens (tertiary/aromatic N) is 1. The number of carbonyl (C=O) groups excluding carboxylic acids is 1. The molecule has 1 amide bonds. The normalized spacial score (nSPS) is 13.6. The molecule has 0 bridgehead atoms. The molecule has 9 heteroatoms. The van der Waals surface area contributed by atoms with E-state index in [1.807, 2.05) is 21.1 Å². The molecule has 0 fully saturated rings. The van der Waals surface area contributed by atoms with Crippen molar-refractivity contribution in [1.82, 2.24) is 5.32 Å². The molecule has 0 heterocycles. The highest BCUT2D eigenvalue weighted by molar-refractivity contribution is 7.45. The molecule has 0 aromatic heterocycles. The highest BCUT2D eigenvalue weighted by Crippen LogP contribution is 2.38. The molecule has 0 saturated carbocycles. The molecular weight excluding hydrogens is 1160 g/mol. The summed E-state index contributed by atoms with van der Waals surface area (Å²) in [4.78, 5) is 25.8. The Hall–Kier alpha value is -1.28. The summed E-state index contributed by atoms with van der Waals surface area (Å²) in [6.45, 7) is 4.78.